The highest BCUT2D eigenvalue weighted by atomic mass is 35.5. The molecule has 1 N–H and O–H groups in total. The molecular weight excluding hydrogens is 359 g/mol. The van der Waals surface area contributed by atoms with Crippen LogP contribution in [-0.2, 0) is 11.2 Å². The van der Waals surface area contributed by atoms with Crippen molar-refractivity contribution in [2.75, 3.05) is 19.8 Å². The van der Waals surface area contributed by atoms with Crippen LogP contribution in [0.4, 0.5) is 4.39 Å². The minimum atomic E-state index is -0.276. The number of hydrogen-bond acceptors (Lipinski definition) is 4. The third-order valence-electron chi connectivity index (χ3n) is 4.13. The molecule has 26 heavy (non-hydrogen) atoms. The Morgan fingerprint density at radius 1 is 1.31 bits per heavy atom. The Labute approximate surface area is 156 Å². The molecule has 2 heterocycles. The van der Waals surface area contributed by atoms with Crippen molar-refractivity contribution < 1.29 is 18.7 Å². The fraction of sp³-hybridized carbons (Fsp3) is 0.368. The van der Waals surface area contributed by atoms with Crippen molar-refractivity contribution in [3.05, 3.63) is 58.5 Å². The van der Waals surface area contributed by atoms with E-state index in [4.69, 9.17) is 21.1 Å². The Kier molecular flexibility index (Phi) is 6.41. The number of carbonyl (C=O) groups is 1. The number of rotatable bonds is 6. The van der Waals surface area contributed by atoms with Crippen molar-refractivity contribution in [1.82, 2.24) is 10.3 Å². The van der Waals surface area contributed by atoms with Crippen molar-refractivity contribution in [3.63, 3.8) is 0 Å². The van der Waals surface area contributed by atoms with E-state index in [2.05, 4.69) is 10.3 Å². The summed E-state index contributed by atoms with van der Waals surface area (Å²) in [6.07, 6.45) is 3.68. The molecule has 0 atom stereocenters. The number of amides is 1. The highest BCUT2D eigenvalue weighted by Crippen LogP contribution is 2.25. The number of aromatic nitrogens is 1. The van der Waals surface area contributed by atoms with Crippen LogP contribution >= 0.6 is 11.6 Å². The maximum Gasteiger partial charge on any atom is 0.252 e. The lowest BCUT2D eigenvalue weighted by molar-refractivity contribution is 0.0238. The first-order chi connectivity index (χ1) is 12.6. The Morgan fingerprint density at radius 2 is 2.04 bits per heavy atom. The number of nitrogens with one attached hydrogen (secondary N) is 1. The van der Waals surface area contributed by atoms with Crippen LogP contribution < -0.4 is 10.1 Å². The van der Waals surface area contributed by atoms with E-state index in [0.717, 1.165) is 18.4 Å². The summed E-state index contributed by atoms with van der Waals surface area (Å²) in [6.45, 7) is 1.76. The van der Waals surface area contributed by atoms with Gasteiger partial charge in [-0.3, -0.25) is 4.79 Å². The van der Waals surface area contributed by atoms with Crippen molar-refractivity contribution in [2.24, 2.45) is 0 Å². The number of pyridine rings is 1. The summed E-state index contributed by atoms with van der Waals surface area (Å²) in [6, 6.07) is 7.75. The number of hydrogen-bond donors (Lipinski definition) is 1. The van der Waals surface area contributed by atoms with E-state index in [1.807, 2.05) is 0 Å². The molecule has 0 aliphatic carbocycles. The molecule has 1 aromatic heterocycles. The molecule has 5 nitrogen and oxygen atoms in total. The molecule has 1 saturated heterocycles. The molecule has 2 aromatic rings. The van der Waals surface area contributed by atoms with Crippen molar-refractivity contribution in [1.29, 1.82) is 0 Å². The summed E-state index contributed by atoms with van der Waals surface area (Å²) in [5.41, 5.74) is 1.32. The van der Waals surface area contributed by atoms with Crippen molar-refractivity contribution >= 4 is 17.5 Å². The zero-order chi connectivity index (χ0) is 18.4. The van der Waals surface area contributed by atoms with E-state index in [-0.39, 0.29) is 17.8 Å². The number of halogens is 2. The van der Waals surface area contributed by atoms with E-state index in [1.165, 1.54) is 18.3 Å². The van der Waals surface area contributed by atoms with Crippen LogP contribution in [0.3, 0.4) is 0 Å². The van der Waals surface area contributed by atoms with E-state index >= 15 is 0 Å². The molecule has 0 radical (unpaired) electrons. The van der Waals surface area contributed by atoms with E-state index < -0.39 is 0 Å². The zero-order valence-electron chi connectivity index (χ0n) is 14.2. The van der Waals surface area contributed by atoms with Crippen molar-refractivity contribution in [2.45, 2.75) is 25.4 Å². The number of ether oxygens (including phenoxy) is 2. The molecule has 3 rings (SSSR count). The Morgan fingerprint density at radius 3 is 2.73 bits per heavy atom. The Balaban J connectivity index is 1.52. The lowest BCUT2D eigenvalue weighted by Crippen LogP contribution is -2.27. The van der Waals surface area contributed by atoms with Gasteiger partial charge in [-0.25, -0.2) is 9.37 Å². The predicted octanol–water partition coefficient (Wildman–Crippen LogP) is 3.40. The average molecular weight is 379 g/mol. The lowest BCUT2D eigenvalue weighted by Gasteiger charge is -2.23. The Hall–Kier alpha value is -2.18. The zero-order valence-corrected chi connectivity index (χ0v) is 15.0. The van der Waals surface area contributed by atoms with Gasteiger partial charge in [0.05, 0.1) is 18.8 Å². The van der Waals surface area contributed by atoms with Gasteiger partial charge in [0.25, 0.3) is 5.91 Å². The number of benzene rings is 1. The van der Waals surface area contributed by atoms with E-state index in [0.29, 0.717) is 42.6 Å². The first-order valence-electron chi connectivity index (χ1n) is 8.54. The third-order valence-corrected chi connectivity index (χ3v) is 4.40. The first kappa shape index (κ1) is 18.6. The fourth-order valence-electron chi connectivity index (χ4n) is 2.66. The second-order valence-electron chi connectivity index (χ2n) is 6.07. The van der Waals surface area contributed by atoms with Crippen LogP contribution in [0, 0.1) is 5.82 Å². The van der Waals surface area contributed by atoms with Crippen molar-refractivity contribution in [3.8, 4) is 5.88 Å². The fourth-order valence-corrected chi connectivity index (χ4v) is 2.87. The molecule has 1 aliphatic heterocycles. The van der Waals surface area contributed by atoms with Crippen LogP contribution in [0.2, 0.25) is 5.02 Å². The molecule has 7 heteroatoms. The molecule has 1 aliphatic rings. The Bertz CT molecular complexity index is 749. The second-order valence-corrected chi connectivity index (χ2v) is 6.48. The largest absolute Gasteiger partial charge is 0.473 e. The van der Waals surface area contributed by atoms with Crippen LogP contribution in [0.15, 0.2) is 36.5 Å². The first-order valence-corrected chi connectivity index (χ1v) is 8.92. The quantitative estimate of drug-likeness (QED) is 0.836. The summed E-state index contributed by atoms with van der Waals surface area (Å²) in [5.74, 6) is -0.206. The van der Waals surface area contributed by atoms with Gasteiger partial charge in [-0.05, 0) is 30.2 Å². The van der Waals surface area contributed by atoms with Gasteiger partial charge in [-0.2, -0.15) is 0 Å². The molecule has 0 unspecified atom stereocenters. The molecule has 0 spiro atoms. The summed E-state index contributed by atoms with van der Waals surface area (Å²) >= 11 is 6.20. The molecule has 1 aromatic carbocycles. The highest BCUT2D eigenvalue weighted by Gasteiger charge is 2.18. The smallest absolute Gasteiger partial charge is 0.252 e. The highest BCUT2D eigenvalue weighted by molar-refractivity contribution is 6.32. The van der Waals surface area contributed by atoms with Gasteiger partial charge in [0.15, 0.2) is 0 Å². The molecular formula is C19H20ClFN2O3. The average Bonchev–Trinajstić information content (AvgIpc) is 2.66. The number of nitrogens with zero attached hydrogens (tertiary/aromatic N) is 1. The summed E-state index contributed by atoms with van der Waals surface area (Å²) < 4.78 is 23.9. The van der Waals surface area contributed by atoms with Crippen LogP contribution in [0.25, 0.3) is 0 Å². The molecule has 138 valence electrons. The van der Waals surface area contributed by atoms with E-state index in [9.17, 15) is 9.18 Å². The summed E-state index contributed by atoms with van der Waals surface area (Å²) in [7, 11) is 0. The van der Waals surface area contributed by atoms with Gasteiger partial charge in [-0.15, -0.1) is 0 Å². The predicted molar refractivity (Wildman–Crippen MR) is 96.2 cm³/mol. The maximum atomic E-state index is 12.9. The number of carbonyl (C=O) groups excluding carboxylic acids is 1. The van der Waals surface area contributed by atoms with Gasteiger partial charge >= 0.3 is 0 Å². The monoisotopic (exact) mass is 378 g/mol. The van der Waals surface area contributed by atoms with Crippen LogP contribution in [0.5, 0.6) is 5.88 Å². The minimum Gasteiger partial charge on any atom is -0.473 e. The lowest BCUT2D eigenvalue weighted by atomic mass is 10.1. The van der Waals surface area contributed by atoms with Crippen LogP contribution in [-0.4, -0.2) is 36.8 Å². The van der Waals surface area contributed by atoms with Gasteiger partial charge in [0.2, 0.25) is 5.88 Å². The van der Waals surface area contributed by atoms with Gasteiger partial charge in [0, 0.05) is 25.6 Å². The summed E-state index contributed by atoms with van der Waals surface area (Å²) in [4.78, 5) is 16.4. The van der Waals surface area contributed by atoms with Gasteiger partial charge in [-0.1, -0.05) is 23.7 Å². The molecule has 1 fully saturated rings. The SMILES string of the molecule is O=C(NCCc1ccc(F)cc1)c1cnc(OC2CCOCC2)c(Cl)c1. The standard InChI is InChI=1S/C19H20ClFN2O3/c20-17-11-14(12-23-19(17)26-16-6-9-25-10-7-16)18(24)22-8-5-13-1-3-15(21)4-2-13/h1-4,11-12,16H,5-10H2,(H,22,24). The topological polar surface area (TPSA) is 60.5 Å². The van der Waals surface area contributed by atoms with Crippen LogP contribution in [0.1, 0.15) is 28.8 Å². The minimum absolute atomic E-state index is 0.0316. The second kappa shape index (κ2) is 8.96. The van der Waals surface area contributed by atoms with E-state index in [1.54, 1.807) is 18.2 Å². The van der Waals surface area contributed by atoms with Gasteiger partial charge in [0.1, 0.15) is 16.9 Å². The molecule has 0 bridgehead atoms. The molecule has 1 amide bonds. The normalized spacial score (nSPS) is 14.8. The summed E-state index contributed by atoms with van der Waals surface area (Å²) in [5, 5.41) is 3.11. The molecule has 0 saturated carbocycles. The van der Waals surface area contributed by atoms with Gasteiger partial charge < -0.3 is 14.8 Å². The third kappa shape index (κ3) is 5.16. The maximum absolute atomic E-state index is 12.9.